The van der Waals surface area contributed by atoms with Crippen molar-refractivity contribution in [2.24, 2.45) is 0 Å². The number of hydrogen-bond acceptors (Lipinski definition) is 6. The van der Waals surface area contributed by atoms with Gasteiger partial charge in [0.1, 0.15) is 0 Å². The minimum atomic E-state index is 0.00497. The normalized spacial score (nSPS) is 14.9. The lowest BCUT2D eigenvalue weighted by atomic mass is 10.2. The smallest absolute Gasteiger partial charge is 0.260 e. The maximum absolute atomic E-state index is 13.4. The van der Waals surface area contributed by atoms with Crippen LogP contribution in [-0.2, 0) is 4.74 Å². The number of fused-ring (bicyclic) bond motifs is 1. The molecule has 1 fully saturated rings. The molecule has 0 N–H and O–H groups in total. The van der Waals surface area contributed by atoms with Crippen molar-refractivity contribution in [3.8, 4) is 0 Å². The molecule has 1 aliphatic heterocycles. The zero-order chi connectivity index (χ0) is 20.1. The van der Waals surface area contributed by atoms with Crippen LogP contribution in [0, 0.1) is 0 Å². The number of amides is 1. The summed E-state index contributed by atoms with van der Waals surface area (Å²) in [5.41, 5.74) is 1.64. The maximum atomic E-state index is 13.4. The van der Waals surface area contributed by atoms with Crippen LogP contribution < -0.4 is 4.90 Å². The first-order valence-corrected chi connectivity index (χ1v) is 11.7. The van der Waals surface area contributed by atoms with E-state index in [4.69, 9.17) is 9.72 Å². The van der Waals surface area contributed by atoms with Crippen molar-refractivity contribution in [3.05, 3.63) is 54.1 Å². The molecule has 152 valence electrons. The zero-order valence-electron chi connectivity index (χ0n) is 16.5. The molecule has 0 radical (unpaired) electrons. The third-order valence-corrected chi connectivity index (χ3v) is 6.87. The molecular formula is C22H25N3O2S2. The molecule has 0 bridgehead atoms. The molecule has 0 saturated carbocycles. The molecule has 4 rings (SSSR count). The Kier molecular flexibility index (Phi) is 6.82. The Morgan fingerprint density at radius 3 is 2.66 bits per heavy atom. The van der Waals surface area contributed by atoms with Crippen LogP contribution in [0.3, 0.4) is 0 Å². The molecule has 2 heterocycles. The van der Waals surface area contributed by atoms with Crippen LogP contribution in [0.4, 0.5) is 5.13 Å². The van der Waals surface area contributed by atoms with E-state index >= 15 is 0 Å². The van der Waals surface area contributed by atoms with E-state index in [1.807, 2.05) is 47.4 Å². The minimum Gasteiger partial charge on any atom is -0.379 e. The Morgan fingerprint density at radius 1 is 1.17 bits per heavy atom. The van der Waals surface area contributed by atoms with Crippen molar-refractivity contribution in [1.82, 2.24) is 9.88 Å². The van der Waals surface area contributed by atoms with Crippen molar-refractivity contribution < 1.29 is 9.53 Å². The van der Waals surface area contributed by atoms with Crippen LogP contribution >= 0.6 is 23.1 Å². The number of benzene rings is 2. The van der Waals surface area contributed by atoms with Gasteiger partial charge in [-0.05, 0) is 42.2 Å². The molecule has 3 aromatic rings. The van der Waals surface area contributed by atoms with E-state index in [1.165, 1.54) is 4.90 Å². The van der Waals surface area contributed by atoms with E-state index in [1.54, 1.807) is 23.1 Å². The van der Waals surface area contributed by atoms with Crippen LogP contribution in [0.5, 0.6) is 0 Å². The Morgan fingerprint density at radius 2 is 1.93 bits per heavy atom. The van der Waals surface area contributed by atoms with Gasteiger partial charge in [0.25, 0.3) is 5.91 Å². The molecule has 1 saturated heterocycles. The molecule has 1 aromatic heterocycles. The Balaban J connectivity index is 1.58. The van der Waals surface area contributed by atoms with Gasteiger partial charge in [0.15, 0.2) is 5.13 Å². The van der Waals surface area contributed by atoms with Crippen molar-refractivity contribution in [2.75, 3.05) is 50.0 Å². The average molecular weight is 428 g/mol. The van der Waals surface area contributed by atoms with E-state index in [0.29, 0.717) is 12.1 Å². The quantitative estimate of drug-likeness (QED) is 0.524. The number of thiazole rings is 1. The number of anilines is 1. The van der Waals surface area contributed by atoms with Gasteiger partial charge in [-0.3, -0.25) is 14.6 Å². The van der Waals surface area contributed by atoms with Crippen LogP contribution in [-0.4, -0.2) is 60.9 Å². The van der Waals surface area contributed by atoms with Gasteiger partial charge in [0.05, 0.1) is 23.4 Å². The Hall–Kier alpha value is -1.93. The summed E-state index contributed by atoms with van der Waals surface area (Å²) in [4.78, 5) is 23.5. The lowest BCUT2D eigenvalue weighted by Gasteiger charge is -2.29. The minimum absolute atomic E-state index is 0.00497. The highest BCUT2D eigenvalue weighted by molar-refractivity contribution is 7.99. The summed E-state index contributed by atoms with van der Waals surface area (Å²) in [6, 6.07) is 15.9. The van der Waals surface area contributed by atoms with E-state index in [0.717, 1.165) is 53.9 Å². The van der Waals surface area contributed by atoms with Crippen LogP contribution in [0.25, 0.3) is 10.2 Å². The number of thioether (sulfide) groups is 1. The number of morpholine rings is 1. The fourth-order valence-electron chi connectivity index (χ4n) is 3.34. The largest absolute Gasteiger partial charge is 0.379 e. The molecule has 0 spiro atoms. The first-order valence-electron chi connectivity index (χ1n) is 9.95. The SMILES string of the molecule is CCSc1ccc(C(=O)N(CCN2CCOCC2)c2nc3ccccc3s2)cc1. The number of nitrogens with zero attached hydrogens (tertiary/aromatic N) is 3. The predicted molar refractivity (Wildman–Crippen MR) is 121 cm³/mol. The number of aromatic nitrogens is 1. The van der Waals surface area contributed by atoms with Crippen molar-refractivity contribution in [1.29, 1.82) is 0 Å². The van der Waals surface area contributed by atoms with Crippen LogP contribution in [0.1, 0.15) is 17.3 Å². The van der Waals surface area contributed by atoms with E-state index in [-0.39, 0.29) is 5.91 Å². The van der Waals surface area contributed by atoms with E-state index in [9.17, 15) is 4.79 Å². The topological polar surface area (TPSA) is 45.7 Å². The fourth-order valence-corrected chi connectivity index (χ4v) is 4.99. The summed E-state index contributed by atoms with van der Waals surface area (Å²) in [7, 11) is 0. The van der Waals surface area contributed by atoms with Gasteiger partial charge < -0.3 is 4.74 Å². The zero-order valence-corrected chi connectivity index (χ0v) is 18.2. The van der Waals surface area contributed by atoms with Gasteiger partial charge >= 0.3 is 0 Å². The van der Waals surface area contributed by atoms with Gasteiger partial charge in [-0.2, -0.15) is 0 Å². The standard InChI is InChI=1S/C22H25N3O2S2/c1-2-28-18-9-7-17(8-10-18)21(26)25(12-11-24-13-15-27-16-14-24)22-23-19-5-3-4-6-20(19)29-22/h3-10H,2,11-16H2,1H3. The second-order valence-corrected chi connectivity index (χ2v) is 9.18. The fraction of sp³-hybridized carbons (Fsp3) is 0.364. The molecule has 1 amide bonds. The average Bonchev–Trinajstić information content (AvgIpc) is 3.19. The molecular weight excluding hydrogens is 402 g/mol. The number of hydrogen-bond donors (Lipinski definition) is 0. The van der Waals surface area contributed by atoms with Gasteiger partial charge in [0, 0.05) is 36.6 Å². The number of para-hydroxylation sites is 1. The molecule has 2 aromatic carbocycles. The predicted octanol–water partition coefficient (Wildman–Crippen LogP) is 4.39. The summed E-state index contributed by atoms with van der Waals surface area (Å²) in [5, 5.41) is 0.761. The highest BCUT2D eigenvalue weighted by atomic mass is 32.2. The second-order valence-electron chi connectivity index (χ2n) is 6.83. The monoisotopic (exact) mass is 427 g/mol. The third-order valence-electron chi connectivity index (χ3n) is 4.91. The summed E-state index contributed by atoms with van der Waals surface area (Å²) in [6.07, 6.45) is 0. The summed E-state index contributed by atoms with van der Waals surface area (Å²) in [5.74, 6) is 1.02. The number of carbonyl (C=O) groups excluding carboxylic acids is 1. The first kappa shape index (κ1) is 20.3. The molecule has 7 heteroatoms. The number of rotatable bonds is 7. The second kappa shape index (κ2) is 9.71. The van der Waals surface area contributed by atoms with Gasteiger partial charge in [0.2, 0.25) is 0 Å². The Bertz CT molecular complexity index is 919. The highest BCUT2D eigenvalue weighted by Crippen LogP contribution is 2.30. The molecule has 5 nitrogen and oxygen atoms in total. The number of ether oxygens (including phenoxy) is 1. The molecule has 0 aliphatic carbocycles. The molecule has 1 aliphatic rings. The summed E-state index contributed by atoms with van der Waals surface area (Å²) < 4.78 is 6.54. The van der Waals surface area contributed by atoms with Crippen LogP contribution in [0.2, 0.25) is 0 Å². The lowest BCUT2D eigenvalue weighted by Crippen LogP contribution is -2.43. The van der Waals surface area contributed by atoms with Crippen LogP contribution in [0.15, 0.2) is 53.4 Å². The lowest BCUT2D eigenvalue weighted by molar-refractivity contribution is 0.0391. The van der Waals surface area contributed by atoms with Crippen molar-refractivity contribution in [3.63, 3.8) is 0 Å². The molecule has 0 atom stereocenters. The third kappa shape index (κ3) is 4.98. The van der Waals surface area contributed by atoms with Crippen molar-refractivity contribution in [2.45, 2.75) is 11.8 Å². The van der Waals surface area contributed by atoms with E-state index in [2.05, 4.69) is 17.9 Å². The van der Waals surface area contributed by atoms with Gasteiger partial charge in [-0.15, -0.1) is 11.8 Å². The molecule has 29 heavy (non-hydrogen) atoms. The summed E-state index contributed by atoms with van der Waals surface area (Å²) >= 11 is 3.35. The highest BCUT2D eigenvalue weighted by Gasteiger charge is 2.22. The summed E-state index contributed by atoms with van der Waals surface area (Å²) in [6.45, 7) is 6.88. The first-order chi connectivity index (χ1) is 14.2. The molecule has 0 unspecified atom stereocenters. The maximum Gasteiger partial charge on any atom is 0.260 e. The van der Waals surface area contributed by atoms with Crippen molar-refractivity contribution >= 4 is 44.4 Å². The number of carbonyl (C=O) groups is 1. The van der Waals surface area contributed by atoms with E-state index < -0.39 is 0 Å². The Labute approximate surface area is 179 Å². The van der Waals surface area contributed by atoms with Gasteiger partial charge in [-0.1, -0.05) is 30.4 Å². The van der Waals surface area contributed by atoms with Gasteiger partial charge in [-0.25, -0.2) is 4.98 Å².